The fraction of sp³-hybridized carbons (Fsp3) is 1.00. The topological polar surface area (TPSA) is 61.7 Å². The van der Waals surface area contributed by atoms with Crippen molar-refractivity contribution < 1.29 is 14.9 Å². The van der Waals surface area contributed by atoms with Crippen molar-refractivity contribution in [2.24, 2.45) is 5.92 Å². The van der Waals surface area contributed by atoms with Crippen LogP contribution in [0.5, 0.6) is 0 Å². The van der Waals surface area contributed by atoms with Crippen LogP contribution in [0, 0.1) is 5.92 Å². The summed E-state index contributed by atoms with van der Waals surface area (Å²) in [7, 11) is 0. The van der Waals surface area contributed by atoms with Gasteiger partial charge in [0.2, 0.25) is 0 Å². The Bertz CT molecular complexity index is 186. The smallest absolute Gasteiger partial charge is 0.160 e. The van der Waals surface area contributed by atoms with Gasteiger partial charge in [-0.25, -0.2) is 0 Å². The zero-order valence-corrected chi connectivity index (χ0v) is 7.81. The van der Waals surface area contributed by atoms with E-state index < -0.39 is 12.4 Å². The molecule has 2 aliphatic heterocycles. The van der Waals surface area contributed by atoms with Crippen molar-refractivity contribution >= 4 is 0 Å². The largest absolute Gasteiger partial charge is 0.391 e. The molecule has 0 aromatic carbocycles. The van der Waals surface area contributed by atoms with Crippen LogP contribution in [0.4, 0.5) is 0 Å². The lowest BCUT2D eigenvalue weighted by molar-refractivity contribution is -0.237. The van der Waals surface area contributed by atoms with E-state index in [2.05, 4.69) is 5.32 Å². The maximum atomic E-state index is 9.84. The molecule has 2 fully saturated rings. The van der Waals surface area contributed by atoms with Crippen LogP contribution in [0.3, 0.4) is 0 Å². The van der Waals surface area contributed by atoms with Crippen molar-refractivity contribution in [3.63, 3.8) is 0 Å². The van der Waals surface area contributed by atoms with E-state index >= 15 is 0 Å². The molecule has 4 heteroatoms. The Morgan fingerprint density at radius 1 is 1.38 bits per heavy atom. The molecule has 0 aromatic rings. The Morgan fingerprint density at radius 2 is 2.15 bits per heavy atom. The summed E-state index contributed by atoms with van der Waals surface area (Å²) in [5.41, 5.74) is 0. The second-order valence-electron chi connectivity index (χ2n) is 4.04. The maximum Gasteiger partial charge on any atom is 0.160 e. The first kappa shape index (κ1) is 9.40. The molecule has 0 amide bonds. The highest BCUT2D eigenvalue weighted by Crippen LogP contribution is 2.28. The fourth-order valence-electron chi connectivity index (χ4n) is 2.18. The average Bonchev–Trinajstić information content (AvgIpc) is 2.15. The lowest BCUT2D eigenvalue weighted by Crippen LogP contribution is -2.61. The highest BCUT2D eigenvalue weighted by atomic mass is 16.6. The number of hydrogen-bond donors (Lipinski definition) is 3. The van der Waals surface area contributed by atoms with Crippen LogP contribution in [-0.4, -0.2) is 41.3 Å². The normalized spacial score (nSPS) is 51.5. The third kappa shape index (κ3) is 1.59. The summed E-state index contributed by atoms with van der Waals surface area (Å²) in [6, 6.07) is 0.00662. The fourth-order valence-corrected chi connectivity index (χ4v) is 2.18. The number of ether oxygens (including phenoxy) is 1. The summed E-state index contributed by atoms with van der Waals surface area (Å²) in [6.07, 6.45) is 0.660. The molecule has 0 aromatic heterocycles. The first-order chi connectivity index (χ1) is 6.20. The average molecular weight is 187 g/mol. The molecule has 4 nitrogen and oxygen atoms in total. The van der Waals surface area contributed by atoms with Crippen molar-refractivity contribution in [1.82, 2.24) is 5.32 Å². The van der Waals surface area contributed by atoms with Crippen molar-refractivity contribution in [3.05, 3.63) is 0 Å². The molecular formula is C9H17NO3. The lowest BCUT2D eigenvalue weighted by Gasteiger charge is -2.44. The zero-order chi connectivity index (χ0) is 9.42. The van der Waals surface area contributed by atoms with Gasteiger partial charge in [0.25, 0.3) is 0 Å². The van der Waals surface area contributed by atoms with Gasteiger partial charge < -0.3 is 20.3 Å². The third-order valence-electron chi connectivity index (χ3n) is 3.12. The first-order valence-corrected chi connectivity index (χ1v) is 4.95. The molecule has 76 valence electrons. The van der Waals surface area contributed by atoms with E-state index in [9.17, 15) is 10.2 Å². The Balaban J connectivity index is 2.08. The minimum atomic E-state index is -0.809. The third-order valence-corrected chi connectivity index (χ3v) is 3.12. The van der Waals surface area contributed by atoms with Crippen LogP contribution in [-0.2, 0) is 4.74 Å². The number of aliphatic hydroxyl groups excluding tert-OH is 2. The van der Waals surface area contributed by atoms with Crippen LogP contribution in [0.15, 0.2) is 0 Å². The second-order valence-corrected chi connectivity index (χ2v) is 4.04. The SMILES string of the molecule is CC1C(O)OC2CCCNC2C1O. The molecular weight excluding hydrogens is 170 g/mol. The van der Waals surface area contributed by atoms with Gasteiger partial charge in [-0.3, -0.25) is 0 Å². The summed E-state index contributed by atoms with van der Waals surface area (Å²) >= 11 is 0. The number of fused-ring (bicyclic) bond motifs is 1. The molecule has 5 unspecified atom stereocenters. The molecule has 2 aliphatic rings. The monoisotopic (exact) mass is 187 g/mol. The quantitative estimate of drug-likeness (QED) is 0.476. The standard InChI is InChI=1S/C9H17NO3/c1-5-8(11)7-6(13-9(5)12)3-2-4-10-7/h5-12H,2-4H2,1H3. The van der Waals surface area contributed by atoms with Crippen molar-refractivity contribution in [2.45, 2.75) is 44.3 Å². The highest BCUT2D eigenvalue weighted by Gasteiger charge is 2.42. The molecule has 0 saturated carbocycles. The van der Waals surface area contributed by atoms with E-state index in [-0.39, 0.29) is 18.1 Å². The van der Waals surface area contributed by atoms with Gasteiger partial charge in [-0.15, -0.1) is 0 Å². The van der Waals surface area contributed by atoms with Gasteiger partial charge in [0.15, 0.2) is 6.29 Å². The minimum absolute atomic E-state index is 0.00662. The van der Waals surface area contributed by atoms with Gasteiger partial charge in [0, 0.05) is 5.92 Å². The van der Waals surface area contributed by atoms with Gasteiger partial charge in [-0.2, -0.15) is 0 Å². The summed E-state index contributed by atoms with van der Waals surface area (Å²) in [6.45, 7) is 2.74. The van der Waals surface area contributed by atoms with Crippen molar-refractivity contribution in [2.75, 3.05) is 6.54 Å². The Morgan fingerprint density at radius 3 is 2.92 bits per heavy atom. The Labute approximate surface area is 77.9 Å². The van der Waals surface area contributed by atoms with Crippen LogP contribution in [0.25, 0.3) is 0 Å². The van der Waals surface area contributed by atoms with Gasteiger partial charge in [-0.05, 0) is 19.4 Å². The number of aliphatic hydroxyl groups is 2. The number of nitrogens with one attached hydrogen (secondary N) is 1. The van der Waals surface area contributed by atoms with E-state index in [1.807, 2.05) is 6.92 Å². The lowest BCUT2D eigenvalue weighted by atomic mass is 9.86. The van der Waals surface area contributed by atoms with E-state index in [1.165, 1.54) is 0 Å². The molecule has 0 spiro atoms. The van der Waals surface area contributed by atoms with Crippen molar-refractivity contribution in [3.8, 4) is 0 Å². The van der Waals surface area contributed by atoms with E-state index in [0.29, 0.717) is 0 Å². The van der Waals surface area contributed by atoms with E-state index in [1.54, 1.807) is 0 Å². The van der Waals surface area contributed by atoms with Crippen LogP contribution >= 0.6 is 0 Å². The predicted molar refractivity (Wildman–Crippen MR) is 47.1 cm³/mol. The number of piperidine rings is 1. The minimum Gasteiger partial charge on any atom is -0.391 e. The Hall–Kier alpha value is -0.160. The van der Waals surface area contributed by atoms with E-state index in [0.717, 1.165) is 19.4 Å². The summed E-state index contributed by atoms with van der Waals surface area (Å²) < 4.78 is 5.41. The Kier molecular flexibility index (Phi) is 2.55. The molecule has 3 N–H and O–H groups in total. The molecule has 5 atom stereocenters. The molecule has 0 aliphatic carbocycles. The summed E-state index contributed by atoms with van der Waals surface area (Å²) in [4.78, 5) is 0. The van der Waals surface area contributed by atoms with Crippen LogP contribution in [0.1, 0.15) is 19.8 Å². The van der Waals surface area contributed by atoms with Gasteiger partial charge in [0.1, 0.15) is 0 Å². The highest BCUT2D eigenvalue weighted by molar-refractivity contribution is 4.94. The number of rotatable bonds is 0. The first-order valence-electron chi connectivity index (χ1n) is 4.95. The van der Waals surface area contributed by atoms with Gasteiger partial charge in [-0.1, -0.05) is 6.92 Å². The predicted octanol–water partition coefficient (Wildman–Crippen LogP) is -0.547. The van der Waals surface area contributed by atoms with Crippen LogP contribution < -0.4 is 5.32 Å². The molecule has 2 rings (SSSR count). The molecule has 2 heterocycles. The summed E-state index contributed by atoms with van der Waals surface area (Å²) in [5, 5.41) is 22.6. The molecule has 2 saturated heterocycles. The molecule has 13 heavy (non-hydrogen) atoms. The van der Waals surface area contributed by atoms with Gasteiger partial charge in [0.05, 0.1) is 18.2 Å². The van der Waals surface area contributed by atoms with Gasteiger partial charge >= 0.3 is 0 Å². The molecule has 0 radical (unpaired) electrons. The van der Waals surface area contributed by atoms with Crippen LogP contribution in [0.2, 0.25) is 0 Å². The molecule has 0 bridgehead atoms. The van der Waals surface area contributed by atoms with E-state index in [4.69, 9.17) is 4.74 Å². The zero-order valence-electron chi connectivity index (χ0n) is 7.81. The maximum absolute atomic E-state index is 9.84. The second kappa shape index (κ2) is 3.53. The summed E-state index contributed by atoms with van der Waals surface area (Å²) in [5.74, 6) is -0.202. The van der Waals surface area contributed by atoms with Crippen molar-refractivity contribution in [1.29, 1.82) is 0 Å². The number of hydrogen-bond acceptors (Lipinski definition) is 4.